The Bertz CT molecular complexity index is 619. The Morgan fingerprint density at radius 3 is 2.11 bits per heavy atom. The Morgan fingerprint density at radius 2 is 1.58 bits per heavy atom. The van der Waals surface area contributed by atoms with E-state index in [1.165, 1.54) is 18.2 Å². The molecule has 0 aromatic heterocycles. The first kappa shape index (κ1) is 13.3. The molecule has 0 heterocycles. The van der Waals surface area contributed by atoms with Crippen molar-refractivity contribution in [2.45, 2.75) is 20.8 Å². The number of rotatable bonds is 2. The molecule has 3 heteroatoms. The zero-order valence-electron chi connectivity index (χ0n) is 11.3. The molecule has 2 rings (SSSR count). The highest BCUT2D eigenvalue weighted by atomic mass is 19.1. The van der Waals surface area contributed by atoms with E-state index in [1.807, 2.05) is 32.9 Å². The van der Waals surface area contributed by atoms with Crippen molar-refractivity contribution < 1.29 is 9.18 Å². The summed E-state index contributed by atoms with van der Waals surface area (Å²) in [6.07, 6.45) is 0. The molecular weight excluding hydrogens is 241 g/mol. The number of halogens is 1. The zero-order valence-corrected chi connectivity index (χ0v) is 11.3. The molecule has 0 bridgehead atoms. The summed E-state index contributed by atoms with van der Waals surface area (Å²) in [5.74, 6) is -0.688. The number of nitrogens with two attached hydrogens (primary N) is 1. The molecule has 2 aromatic rings. The first-order valence-corrected chi connectivity index (χ1v) is 6.07. The summed E-state index contributed by atoms with van der Waals surface area (Å²) in [6.45, 7) is 5.75. The van der Waals surface area contributed by atoms with Crippen molar-refractivity contribution in [3.05, 3.63) is 64.0 Å². The van der Waals surface area contributed by atoms with Gasteiger partial charge in [0.15, 0.2) is 5.78 Å². The number of nitrogen functional groups attached to an aromatic ring is 1. The Labute approximate surface area is 112 Å². The largest absolute Gasteiger partial charge is 0.399 e. The van der Waals surface area contributed by atoms with E-state index >= 15 is 0 Å². The smallest absolute Gasteiger partial charge is 0.193 e. The first-order chi connectivity index (χ1) is 8.88. The van der Waals surface area contributed by atoms with Crippen LogP contribution in [0.2, 0.25) is 0 Å². The van der Waals surface area contributed by atoms with Crippen LogP contribution in [0.15, 0.2) is 30.3 Å². The molecule has 0 radical (unpaired) electrons. The number of ketones is 1. The monoisotopic (exact) mass is 257 g/mol. The van der Waals surface area contributed by atoms with Crippen LogP contribution >= 0.6 is 0 Å². The van der Waals surface area contributed by atoms with E-state index in [1.54, 1.807) is 0 Å². The molecule has 2 N–H and O–H groups in total. The summed E-state index contributed by atoms with van der Waals surface area (Å²) in [5.41, 5.74) is 9.63. The average molecular weight is 257 g/mol. The molecule has 0 fully saturated rings. The number of hydrogen-bond donors (Lipinski definition) is 1. The lowest BCUT2D eigenvalue weighted by Gasteiger charge is -2.11. The van der Waals surface area contributed by atoms with Gasteiger partial charge in [0.05, 0.1) is 0 Å². The number of benzene rings is 2. The summed E-state index contributed by atoms with van der Waals surface area (Å²) in [5, 5.41) is 0. The lowest BCUT2D eigenvalue weighted by atomic mass is 9.93. The van der Waals surface area contributed by atoms with Gasteiger partial charge in [-0.25, -0.2) is 4.39 Å². The van der Waals surface area contributed by atoms with Gasteiger partial charge in [-0.3, -0.25) is 4.79 Å². The molecule has 0 atom stereocenters. The summed E-state index contributed by atoms with van der Waals surface area (Å²) < 4.78 is 13.3. The number of anilines is 1. The second kappa shape index (κ2) is 4.84. The van der Waals surface area contributed by atoms with E-state index in [2.05, 4.69) is 0 Å². The maximum atomic E-state index is 13.3. The summed E-state index contributed by atoms with van der Waals surface area (Å²) in [7, 11) is 0. The fraction of sp³-hybridized carbons (Fsp3) is 0.188. The van der Waals surface area contributed by atoms with Crippen LogP contribution in [0, 0.1) is 26.6 Å². The minimum Gasteiger partial charge on any atom is -0.399 e. The van der Waals surface area contributed by atoms with Crippen molar-refractivity contribution in [3.8, 4) is 0 Å². The normalized spacial score (nSPS) is 10.5. The van der Waals surface area contributed by atoms with Gasteiger partial charge >= 0.3 is 0 Å². The maximum absolute atomic E-state index is 13.3. The van der Waals surface area contributed by atoms with Crippen molar-refractivity contribution in [3.63, 3.8) is 0 Å². The molecule has 0 saturated carbocycles. The Kier molecular flexibility index (Phi) is 3.38. The molecule has 0 unspecified atom stereocenters. The van der Waals surface area contributed by atoms with Gasteiger partial charge in [-0.15, -0.1) is 0 Å². The number of carbonyl (C=O) groups is 1. The number of aryl methyl sites for hydroxylation is 3. The fourth-order valence-electron chi connectivity index (χ4n) is 2.43. The van der Waals surface area contributed by atoms with Crippen LogP contribution in [-0.4, -0.2) is 5.78 Å². The van der Waals surface area contributed by atoms with Crippen molar-refractivity contribution >= 4 is 11.5 Å². The third kappa shape index (κ3) is 2.65. The minimum atomic E-state index is -0.495. The summed E-state index contributed by atoms with van der Waals surface area (Å²) >= 11 is 0. The average Bonchev–Trinajstić information content (AvgIpc) is 2.25. The van der Waals surface area contributed by atoms with Crippen LogP contribution in [0.4, 0.5) is 10.1 Å². The van der Waals surface area contributed by atoms with Crippen LogP contribution in [0.25, 0.3) is 0 Å². The highest BCUT2D eigenvalue weighted by Crippen LogP contribution is 2.22. The van der Waals surface area contributed by atoms with E-state index < -0.39 is 5.82 Å². The fourth-order valence-corrected chi connectivity index (χ4v) is 2.43. The first-order valence-electron chi connectivity index (χ1n) is 6.07. The minimum absolute atomic E-state index is 0.193. The maximum Gasteiger partial charge on any atom is 0.193 e. The van der Waals surface area contributed by atoms with Crippen LogP contribution in [0.3, 0.4) is 0 Å². The van der Waals surface area contributed by atoms with Crippen LogP contribution in [-0.2, 0) is 0 Å². The second-order valence-corrected chi connectivity index (χ2v) is 4.88. The van der Waals surface area contributed by atoms with Crippen LogP contribution in [0.5, 0.6) is 0 Å². The lowest BCUT2D eigenvalue weighted by molar-refractivity contribution is 0.103. The van der Waals surface area contributed by atoms with Crippen molar-refractivity contribution in [1.29, 1.82) is 0 Å². The van der Waals surface area contributed by atoms with Crippen molar-refractivity contribution in [2.24, 2.45) is 0 Å². The molecule has 2 nitrogen and oxygen atoms in total. The van der Waals surface area contributed by atoms with E-state index in [-0.39, 0.29) is 17.0 Å². The Balaban J connectivity index is 2.56. The predicted molar refractivity (Wildman–Crippen MR) is 74.9 cm³/mol. The molecule has 0 aliphatic rings. The third-order valence-corrected chi connectivity index (χ3v) is 3.09. The van der Waals surface area contributed by atoms with E-state index in [9.17, 15) is 9.18 Å². The quantitative estimate of drug-likeness (QED) is 0.660. The van der Waals surface area contributed by atoms with Gasteiger partial charge in [0, 0.05) is 16.8 Å². The molecule has 19 heavy (non-hydrogen) atoms. The predicted octanol–water partition coefficient (Wildman–Crippen LogP) is 3.56. The van der Waals surface area contributed by atoms with Gasteiger partial charge in [0.25, 0.3) is 0 Å². The van der Waals surface area contributed by atoms with Crippen LogP contribution < -0.4 is 5.73 Å². The summed E-state index contributed by atoms with van der Waals surface area (Å²) in [4.78, 5) is 12.5. The van der Waals surface area contributed by atoms with Gasteiger partial charge in [0.1, 0.15) is 5.82 Å². The van der Waals surface area contributed by atoms with Crippen molar-refractivity contribution in [2.75, 3.05) is 5.73 Å². The van der Waals surface area contributed by atoms with E-state index in [4.69, 9.17) is 5.73 Å². The molecule has 0 aliphatic carbocycles. The molecule has 2 aromatic carbocycles. The topological polar surface area (TPSA) is 43.1 Å². The summed E-state index contributed by atoms with van der Waals surface area (Å²) in [6, 6.07) is 7.82. The third-order valence-electron chi connectivity index (χ3n) is 3.09. The van der Waals surface area contributed by atoms with Crippen molar-refractivity contribution in [1.82, 2.24) is 0 Å². The number of carbonyl (C=O) groups excluding carboxylic acids is 1. The molecular formula is C16H16FNO. The highest BCUT2D eigenvalue weighted by Gasteiger charge is 2.16. The SMILES string of the molecule is Cc1cc(C)c(C(=O)c2cc(N)cc(F)c2)c(C)c1. The van der Waals surface area contributed by atoms with E-state index in [0.717, 1.165) is 16.7 Å². The molecule has 0 saturated heterocycles. The van der Waals surface area contributed by atoms with Crippen LogP contribution in [0.1, 0.15) is 32.6 Å². The molecule has 0 aliphatic heterocycles. The standard InChI is InChI=1S/C16H16FNO/c1-9-4-10(2)15(11(3)5-9)16(19)12-6-13(17)8-14(18)7-12/h4-8H,18H2,1-3H3. The molecule has 0 amide bonds. The highest BCUT2D eigenvalue weighted by molar-refractivity contribution is 6.11. The Hall–Kier alpha value is -2.16. The second-order valence-electron chi connectivity index (χ2n) is 4.88. The van der Waals surface area contributed by atoms with Gasteiger partial charge in [0.2, 0.25) is 0 Å². The van der Waals surface area contributed by atoms with Gasteiger partial charge < -0.3 is 5.73 Å². The molecule has 98 valence electrons. The van der Waals surface area contributed by atoms with E-state index in [0.29, 0.717) is 5.56 Å². The number of hydrogen-bond acceptors (Lipinski definition) is 2. The zero-order chi connectivity index (χ0) is 14.2. The van der Waals surface area contributed by atoms with Gasteiger partial charge in [-0.1, -0.05) is 17.7 Å². The molecule has 0 spiro atoms. The lowest BCUT2D eigenvalue weighted by Crippen LogP contribution is -2.08. The van der Waals surface area contributed by atoms with Gasteiger partial charge in [-0.2, -0.15) is 0 Å². The van der Waals surface area contributed by atoms with Gasteiger partial charge in [-0.05, 0) is 50.1 Å². The Morgan fingerprint density at radius 1 is 1.00 bits per heavy atom.